The van der Waals surface area contributed by atoms with E-state index in [4.69, 9.17) is 23.2 Å². The molecule has 21 heavy (non-hydrogen) atoms. The van der Waals surface area contributed by atoms with E-state index in [-0.39, 0.29) is 0 Å². The molecule has 2 aromatic carbocycles. The lowest BCUT2D eigenvalue weighted by Gasteiger charge is -2.07. The van der Waals surface area contributed by atoms with E-state index >= 15 is 0 Å². The van der Waals surface area contributed by atoms with Gasteiger partial charge in [0.05, 0.1) is 0 Å². The molecule has 0 aliphatic rings. The second kappa shape index (κ2) is 5.75. The Balaban J connectivity index is 2.13. The Morgan fingerprint density at radius 3 is 2.52 bits per heavy atom. The highest BCUT2D eigenvalue weighted by Crippen LogP contribution is 2.31. The Labute approximate surface area is 135 Å². The van der Waals surface area contributed by atoms with Gasteiger partial charge in [-0.05, 0) is 41.3 Å². The lowest BCUT2D eigenvalue weighted by Crippen LogP contribution is -1.98. The molecule has 1 heterocycles. The monoisotopic (exact) mass is 317 g/mol. The molecule has 3 rings (SSSR count). The lowest BCUT2D eigenvalue weighted by atomic mass is 10.0. The Bertz CT molecular complexity index is 787. The van der Waals surface area contributed by atoms with Gasteiger partial charge in [-0.25, -0.2) is 0 Å². The Morgan fingerprint density at radius 1 is 1.05 bits per heavy atom. The minimum absolute atomic E-state index is 0.457. The quantitative estimate of drug-likeness (QED) is 0.548. The van der Waals surface area contributed by atoms with Crippen molar-refractivity contribution in [1.29, 1.82) is 0 Å². The van der Waals surface area contributed by atoms with Gasteiger partial charge < -0.3 is 4.57 Å². The number of nitrogens with zero attached hydrogens (tertiary/aromatic N) is 1. The molecule has 0 unspecified atom stereocenters. The van der Waals surface area contributed by atoms with Crippen LogP contribution in [0.1, 0.15) is 30.9 Å². The highest BCUT2D eigenvalue weighted by molar-refractivity contribution is 6.31. The van der Waals surface area contributed by atoms with Gasteiger partial charge in [-0.15, -0.1) is 0 Å². The maximum absolute atomic E-state index is 6.29. The molecular weight excluding hydrogens is 301 g/mol. The summed E-state index contributed by atoms with van der Waals surface area (Å²) < 4.78 is 2.25. The zero-order valence-electron chi connectivity index (χ0n) is 12.1. The third kappa shape index (κ3) is 2.81. The van der Waals surface area contributed by atoms with Crippen molar-refractivity contribution in [2.45, 2.75) is 26.3 Å². The molecule has 1 nitrogen and oxygen atoms in total. The Morgan fingerprint density at radius 2 is 1.81 bits per heavy atom. The molecule has 0 aliphatic heterocycles. The first-order valence-corrected chi connectivity index (χ1v) is 7.83. The lowest BCUT2D eigenvalue weighted by molar-refractivity contribution is 0.810. The Kier molecular flexibility index (Phi) is 3.97. The molecule has 0 saturated heterocycles. The maximum Gasteiger partial charge on any atom is 0.0491 e. The number of rotatable bonds is 3. The molecule has 0 amide bonds. The topological polar surface area (TPSA) is 4.93 Å². The summed E-state index contributed by atoms with van der Waals surface area (Å²) in [7, 11) is 0. The van der Waals surface area contributed by atoms with E-state index in [1.165, 1.54) is 16.5 Å². The van der Waals surface area contributed by atoms with E-state index in [1.54, 1.807) is 0 Å². The average molecular weight is 318 g/mol. The SMILES string of the molecule is CC(C)c1cn(Cc2ccccc2Cl)c2ccc(Cl)cc12. The number of fused-ring (bicyclic) bond motifs is 1. The van der Waals surface area contributed by atoms with Gasteiger partial charge in [0.25, 0.3) is 0 Å². The number of hydrogen-bond acceptors (Lipinski definition) is 0. The van der Waals surface area contributed by atoms with Crippen molar-refractivity contribution in [3.05, 3.63) is 69.8 Å². The fraction of sp³-hybridized carbons (Fsp3) is 0.222. The van der Waals surface area contributed by atoms with Gasteiger partial charge in [0.1, 0.15) is 0 Å². The molecule has 0 saturated carbocycles. The normalized spacial score (nSPS) is 11.5. The van der Waals surface area contributed by atoms with Crippen molar-refractivity contribution in [1.82, 2.24) is 4.57 Å². The van der Waals surface area contributed by atoms with Crippen LogP contribution < -0.4 is 0 Å². The van der Waals surface area contributed by atoms with Gasteiger partial charge in [0.15, 0.2) is 0 Å². The summed E-state index contributed by atoms with van der Waals surface area (Å²) in [6, 6.07) is 14.1. The number of benzene rings is 2. The van der Waals surface area contributed by atoms with Gasteiger partial charge in [-0.2, -0.15) is 0 Å². The van der Waals surface area contributed by atoms with Crippen LogP contribution in [-0.2, 0) is 6.54 Å². The molecule has 0 radical (unpaired) electrons. The molecule has 0 fully saturated rings. The molecule has 1 aromatic heterocycles. The van der Waals surface area contributed by atoms with Gasteiger partial charge in [0, 0.05) is 33.7 Å². The zero-order chi connectivity index (χ0) is 15.0. The minimum Gasteiger partial charge on any atom is -0.343 e. The zero-order valence-corrected chi connectivity index (χ0v) is 13.6. The summed E-state index contributed by atoms with van der Waals surface area (Å²) in [4.78, 5) is 0. The third-order valence-electron chi connectivity index (χ3n) is 3.79. The third-order valence-corrected chi connectivity index (χ3v) is 4.40. The van der Waals surface area contributed by atoms with Crippen LogP contribution in [0.2, 0.25) is 10.0 Å². The Hall–Kier alpha value is -1.44. The van der Waals surface area contributed by atoms with E-state index < -0.39 is 0 Å². The predicted octanol–water partition coefficient (Wildman–Crippen LogP) is 6.12. The molecule has 108 valence electrons. The van der Waals surface area contributed by atoms with Crippen molar-refractivity contribution in [3.63, 3.8) is 0 Å². The summed E-state index contributed by atoms with van der Waals surface area (Å²) in [5.74, 6) is 0.457. The van der Waals surface area contributed by atoms with Crippen molar-refractivity contribution in [2.24, 2.45) is 0 Å². The molecule has 0 aliphatic carbocycles. The van der Waals surface area contributed by atoms with Crippen LogP contribution in [0.5, 0.6) is 0 Å². The minimum atomic E-state index is 0.457. The molecule has 0 bridgehead atoms. The second-order valence-corrected chi connectivity index (χ2v) is 6.46. The van der Waals surface area contributed by atoms with Crippen molar-refractivity contribution < 1.29 is 0 Å². The molecule has 0 N–H and O–H groups in total. The molecular formula is C18H17Cl2N. The molecule has 3 aromatic rings. The van der Waals surface area contributed by atoms with E-state index in [9.17, 15) is 0 Å². The maximum atomic E-state index is 6.29. The molecule has 0 spiro atoms. The van der Waals surface area contributed by atoms with Gasteiger partial charge in [-0.1, -0.05) is 55.2 Å². The van der Waals surface area contributed by atoms with Crippen LogP contribution in [0.25, 0.3) is 10.9 Å². The van der Waals surface area contributed by atoms with Crippen LogP contribution in [0.3, 0.4) is 0 Å². The molecule has 3 heteroatoms. The van der Waals surface area contributed by atoms with Crippen LogP contribution in [0.4, 0.5) is 0 Å². The fourth-order valence-corrected chi connectivity index (χ4v) is 3.07. The van der Waals surface area contributed by atoms with Gasteiger partial charge >= 0.3 is 0 Å². The van der Waals surface area contributed by atoms with Crippen LogP contribution in [0, 0.1) is 0 Å². The summed E-state index contributed by atoms with van der Waals surface area (Å²) in [6.45, 7) is 5.18. The number of aromatic nitrogens is 1. The average Bonchev–Trinajstić information content (AvgIpc) is 2.79. The van der Waals surface area contributed by atoms with E-state index in [1.807, 2.05) is 24.3 Å². The molecule has 0 atom stereocenters. The number of halogens is 2. The summed E-state index contributed by atoms with van der Waals surface area (Å²) in [6.07, 6.45) is 2.22. The van der Waals surface area contributed by atoms with Crippen molar-refractivity contribution >= 4 is 34.1 Å². The summed E-state index contributed by atoms with van der Waals surface area (Å²) in [5.41, 5.74) is 3.64. The summed E-state index contributed by atoms with van der Waals surface area (Å²) >= 11 is 12.4. The van der Waals surface area contributed by atoms with Crippen molar-refractivity contribution in [2.75, 3.05) is 0 Å². The van der Waals surface area contributed by atoms with Gasteiger partial charge in [0.2, 0.25) is 0 Å². The van der Waals surface area contributed by atoms with Crippen LogP contribution in [-0.4, -0.2) is 4.57 Å². The first-order valence-electron chi connectivity index (χ1n) is 7.08. The number of hydrogen-bond donors (Lipinski definition) is 0. The van der Waals surface area contributed by atoms with E-state index in [0.717, 1.165) is 22.2 Å². The first-order chi connectivity index (χ1) is 10.1. The first kappa shape index (κ1) is 14.5. The second-order valence-electron chi connectivity index (χ2n) is 5.62. The fourth-order valence-electron chi connectivity index (χ4n) is 2.70. The van der Waals surface area contributed by atoms with E-state index in [2.05, 4.69) is 42.8 Å². The highest BCUT2D eigenvalue weighted by Gasteiger charge is 2.12. The largest absolute Gasteiger partial charge is 0.343 e. The summed E-state index contributed by atoms with van der Waals surface area (Å²) in [5, 5.41) is 2.81. The van der Waals surface area contributed by atoms with E-state index in [0.29, 0.717) is 5.92 Å². The van der Waals surface area contributed by atoms with Crippen molar-refractivity contribution in [3.8, 4) is 0 Å². The predicted molar refractivity (Wildman–Crippen MR) is 91.6 cm³/mol. The van der Waals surface area contributed by atoms with Crippen LogP contribution in [0.15, 0.2) is 48.7 Å². The van der Waals surface area contributed by atoms with Gasteiger partial charge in [-0.3, -0.25) is 0 Å². The standard InChI is InChI=1S/C18H17Cl2N/c1-12(2)16-11-21(10-13-5-3-4-6-17(13)20)18-8-7-14(19)9-15(16)18/h3-9,11-12H,10H2,1-2H3. The smallest absolute Gasteiger partial charge is 0.0491 e. The van der Waals surface area contributed by atoms with Crippen LogP contribution >= 0.6 is 23.2 Å². The highest BCUT2D eigenvalue weighted by atomic mass is 35.5.